The van der Waals surface area contributed by atoms with Crippen LogP contribution < -0.4 is 20.1 Å². The van der Waals surface area contributed by atoms with Crippen molar-refractivity contribution in [2.45, 2.75) is 24.8 Å². The summed E-state index contributed by atoms with van der Waals surface area (Å²) in [6, 6.07) is 13.8. The number of nitrogens with one attached hydrogen (secondary N) is 3. The van der Waals surface area contributed by atoms with E-state index in [1.807, 2.05) is 30.3 Å². The van der Waals surface area contributed by atoms with Crippen LogP contribution in [0, 0.1) is 0 Å². The van der Waals surface area contributed by atoms with Gasteiger partial charge in [0.25, 0.3) is 0 Å². The van der Waals surface area contributed by atoms with Gasteiger partial charge in [0.1, 0.15) is 5.75 Å². The second-order valence-corrected chi connectivity index (χ2v) is 7.71. The van der Waals surface area contributed by atoms with E-state index < -0.39 is 10.0 Å². The summed E-state index contributed by atoms with van der Waals surface area (Å²) in [4.78, 5) is 0.131. The Morgan fingerprint density at radius 1 is 1.08 bits per heavy atom. The van der Waals surface area contributed by atoms with E-state index in [4.69, 9.17) is 17.0 Å². The van der Waals surface area contributed by atoms with Crippen molar-refractivity contribution in [2.24, 2.45) is 0 Å². The number of benzene rings is 2. The molecule has 0 saturated carbocycles. The summed E-state index contributed by atoms with van der Waals surface area (Å²) >= 11 is 5.29. The number of hydrogen-bond donors (Lipinski definition) is 3. The van der Waals surface area contributed by atoms with Crippen LogP contribution in [0.3, 0.4) is 0 Å². The zero-order valence-electron chi connectivity index (χ0n) is 14.2. The maximum atomic E-state index is 12.3. The van der Waals surface area contributed by atoms with Crippen LogP contribution in [-0.4, -0.2) is 26.7 Å². The normalized spacial score (nSPS) is 11.2. The van der Waals surface area contributed by atoms with Gasteiger partial charge >= 0.3 is 0 Å². The Hall–Kier alpha value is -2.16. The van der Waals surface area contributed by atoms with Crippen LogP contribution in [-0.2, 0) is 10.0 Å². The van der Waals surface area contributed by atoms with Crippen molar-refractivity contribution >= 4 is 38.7 Å². The molecule has 0 atom stereocenters. The highest BCUT2D eigenvalue weighted by molar-refractivity contribution is 7.89. The number of ether oxygens (including phenoxy) is 1. The third-order valence-corrected chi connectivity index (χ3v) is 5.01. The first kappa shape index (κ1) is 19.2. The van der Waals surface area contributed by atoms with E-state index in [0.717, 1.165) is 5.69 Å². The van der Waals surface area contributed by atoms with Gasteiger partial charge in [-0.15, -0.1) is 0 Å². The van der Waals surface area contributed by atoms with Crippen LogP contribution >= 0.6 is 12.2 Å². The van der Waals surface area contributed by atoms with Crippen molar-refractivity contribution in [1.82, 2.24) is 4.72 Å². The molecule has 0 spiro atoms. The summed E-state index contributed by atoms with van der Waals surface area (Å²) in [5, 5.41) is 6.34. The van der Waals surface area contributed by atoms with Crippen LogP contribution in [0.1, 0.15) is 13.8 Å². The molecule has 0 fully saturated rings. The van der Waals surface area contributed by atoms with Crippen molar-refractivity contribution in [3.8, 4) is 5.75 Å². The quantitative estimate of drug-likeness (QED) is 0.669. The molecule has 0 aliphatic carbocycles. The fourth-order valence-electron chi connectivity index (χ4n) is 2.14. The minimum atomic E-state index is -3.61. The smallest absolute Gasteiger partial charge is 0.240 e. The predicted octanol–water partition coefficient (Wildman–Crippen LogP) is 3.19. The molecule has 3 N–H and O–H groups in total. The Kier molecular flexibility index (Phi) is 6.35. The minimum Gasteiger partial charge on any atom is -0.495 e. The maximum Gasteiger partial charge on any atom is 0.240 e. The largest absolute Gasteiger partial charge is 0.495 e. The number of thiocarbonyl (C=S) groups is 1. The third kappa shape index (κ3) is 5.42. The Morgan fingerprint density at radius 3 is 2.36 bits per heavy atom. The van der Waals surface area contributed by atoms with Gasteiger partial charge in [0.2, 0.25) is 10.0 Å². The number of rotatable bonds is 6. The summed E-state index contributed by atoms with van der Waals surface area (Å²) in [6.07, 6.45) is 0. The summed E-state index contributed by atoms with van der Waals surface area (Å²) < 4.78 is 32.5. The molecule has 2 aromatic rings. The molecular formula is C17H21N3O3S2. The number of anilines is 2. The average molecular weight is 380 g/mol. The molecule has 0 aliphatic rings. The van der Waals surface area contributed by atoms with Crippen LogP contribution in [0.2, 0.25) is 0 Å². The first-order valence-electron chi connectivity index (χ1n) is 7.65. The molecular weight excluding hydrogens is 358 g/mol. The topological polar surface area (TPSA) is 79.5 Å². The third-order valence-electron chi connectivity index (χ3n) is 3.15. The van der Waals surface area contributed by atoms with Crippen LogP contribution in [0.25, 0.3) is 0 Å². The standard InChI is InChI=1S/C17H21N3O3S2/c1-12(2)20-25(21,22)14-9-10-16(23-3)15(11-14)19-17(24)18-13-7-5-4-6-8-13/h4-12,20H,1-3H3,(H2,18,19,24). The molecule has 0 aromatic heterocycles. The van der Waals surface area contributed by atoms with E-state index in [1.54, 1.807) is 19.9 Å². The molecule has 0 saturated heterocycles. The van der Waals surface area contributed by atoms with Gasteiger partial charge < -0.3 is 15.4 Å². The van der Waals surface area contributed by atoms with Crippen molar-refractivity contribution in [3.05, 3.63) is 48.5 Å². The lowest BCUT2D eigenvalue weighted by molar-refractivity contribution is 0.416. The van der Waals surface area contributed by atoms with E-state index in [9.17, 15) is 8.42 Å². The average Bonchev–Trinajstić information content (AvgIpc) is 2.54. The van der Waals surface area contributed by atoms with Gasteiger partial charge in [0.05, 0.1) is 17.7 Å². The first-order chi connectivity index (χ1) is 11.8. The highest BCUT2D eigenvalue weighted by Crippen LogP contribution is 2.27. The molecule has 2 aromatic carbocycles. The molecule has 25 heavy (non-hydrogen) atoms. The fourth-order valence-corrected chi connectivity index (χ4v) is 3.64. The van der Waals surface area contributed by atoms with E-state index in [0.29, 0.717) is 16.5 Å². The molecule has 2 rings (SSSR count). The second kappa shape index (κ2) is 8.28. The number of methoxy groups -OCH3 is 1. The summed E-state index contributed by atoms with van der Waals surface area (Å²) in [7, 11) is -2.10. The highest BCUT2D eigenvalue weighted by atomic mass is 32.2. The van der Waals surface area contributed by atoms with E-state index in [2.05, 4.69) is 15.4 Å². The second-order valence-electron chi connectivity index (χ2n) is 5.58. The summed E-state index contributed by atoms with van der Waals surface area (Å²) in [6.45, 7) is 3.53. The SMILES string of the molecule is COc1ccc(S(=O)(=O)NC(C)C)cc1NC(=S)Nc1ccccc1. The monoisotopic (exact) mass is 379 g/mol. The maximum absolute atomic E-state index is 12.3. The zero-order chi connectivity index (χ0) is 18.4. The van der Waals surface area contributed by atoms with E-state index in [-0.39, 0.29) is 10.9 Å². The predicted molar refractivity (Wildman–Crippen MR) is 105 cm³/mol. The fraction of sp³-hybridized carbons (Fsp3) is 0.235. The number of hydrogen-bond acceptors (Lipinski definition) is 4. The lowest BCUT2D eigenvalue weighted by Crippen LogP contribution is -2.30. The summed E-state index contributed by atoms with van der Waals surface area (Å²) in [5.41, 5.74) is 1.28. The first-order valence-corrected chi connectivity index (χ1v) is 9.54. The minimum absolute atomic E-state index is 0.131. The zero-order valence-corrected chi connectivity index (χ0v) is 15.9. The van der Waals surface area contributed by atoms with Gasteiger partial charge in [-0.05, 0) is 56.4 Å². The molecule has 8 heteroatoms. The van der Waals surface area contributed by atoms with Crippen LogP contribution in [0.4, 0.5) is 11.4 Å². The van der Waals surface area contributed by atoms with Crippen molar-refractivity contribution < 1.29 is 13.2 Å². The Labute approximate surface area is 153 Å². The van der Waals surface area contributed by atoms with Crippen molar-refractivity contribution in [3.63, 3.8) is 0 Å². The van der Waals surface area contributed by atoms with Gasteiger partial charge in [-0.2, -0.15) is 0 Å². The highest BCUT2D eigenvalue weighted by Gasteiger charge is 2.18. The van der Waals surface area contributed by atoms with Gasteiger partial charge in [-0.3, -0.25) is 0 Å². The van der Waals surface area contributed by atoms with E-state index >= 15 is 0 Å². The van der Waals surface area contributed by atoms with Crippen molar-refractivity contribution in [1.29, 1.82) is 0 Å². The molecule has 6 nitrogen and oxygen atoms in total. The van der Waals surface area contributed by atoms with Crippen LogP contribution in [0.15, 0.2) is 53.4 Å². The Balaban J connectivity index is 2.24. The molecule has 0 heterocycles. The van der Waals surface area contributed by atoms with Gasteiger partial charge in [-0.25, -0.2) is 13.1 Å². The van der Waals surface area contributed by atoms with Gasteiger partial charge in [0.15, 0.2) is 5.11 Å². The van der Waals surface area contributed by atoms with Crippen LogP contribution in [0.5, 0.6) is 5.75 Å². The molecule has 0 unspecified atom stereocenters. The van der Waals surface area contributed by atoms with Gasteiger partial charge in [-0.1, -0.05) is 18.2 Å². The van der Waals surface area contributed by atoms with Gasteiger partial charge in [0, 0.05) is 11.7 Å². The van der Waals surface area contributed by atoms with E-state index in [1.165, 1.54) is 19.2 Å². The number of para-hydroxylation sites is 1. The number of sulfonamides is 1. The Bertz CT molecular complexity index is 837. The molecule has 0 radical (unpaired) electrons. The lowest BCUT2D eigenvalue weighted by Gasteiger charge is -2.16. The molecule has 0 amide bonds. The molecule has 134 valence electrons. The molecule has 0 bridgehead atoms. The Morgan fingerprint density at radius 2 is 1.76 bits per heavy atom. The molecule has 0 aliphatic heterocycles. The lowest BCUT2D eigenvalue weighted by atomic mass is 10.3. The summed E-state index contributed by atoms with van der Waals surface area (Å²) in [5.74, 6) is 0.487. The van der Waals surface area contributed by atoms with Crippen molar-refractivity contribution in [2.75, 3.05) is 17.7 Å².